The lowest BCUT2D eigenvalue weighted by Gasteiger charge is -2.26. The van der Waals surface area contributed by atoms with E-state index in [9.17, 15) is 0 Å². The Kier molecular flexibility index (Phi) is 7.98. The summed E-state index contributed by atoms with van der Waals surface area (Å²) in [6.45, 7) is 0. The van der Waals surface area contributed by atoms with Gasteiger partial charge in [-0.05, 0) is 113 Å². The van der Waals surface area contributed by atoms with E-state index >= 15 is 0 Å². The van der Waals surface area contributed by atoms with Crippen molar-refractivity contribution in [3.05, 3.63) is 211 Å². The normalized spacial score (nSPS) is 16.7. The van der Waals surface area contributed by atoms with Crippen LogP contribution in [0.2, 0.25) is 0 Å². The van der Waals surface area contributed by atoms with Gasteiger partial charge in [0.25, 0.3) is 0 Å². The number of rotatable bonds is 6. The van der Waals surface area contributed by atoms with Gasteiger partial charge in [-0.1, -0.05) is 103 Å². The topological polar surface area (TPSA) is 48.5 Å². The average Bonchev–Trinajstić information content (AvgIpc) is 3.99. The van der Waals surface area contributed by atoms with Crippen molar-refractivity contribution in [3.63, 3.8) is 0 Å². The maximum absolute atomic E-state index is 5.21. The summed E-state index contributed by atoms with van der Waals surface area (Å²) in [4.78, 5) is 16.4. The smallest absolute Gasteiger partial charge is 0.160 e. The van der Waals surface area contributed by atoms with Gasteiger partial charge in [0.1, 0.15) is 5.82 Å². The fourth-order valence-corrected chi connectivity index (χ4v) is 10.9. The van der Waals surface area contributed by atoms with E-state index in [0.717, 1.165) is 63.6 Å². The van der Waals surface area contributed by atoms with E-state index < -0.39 is 0 Å². The van der Waals surface area contributed by atoms with E-state index in [2.05, 4.69) is 179 Å². The summed E-state index contributed by atoms with van der Waals surface area (Å²) in [5.74, 6) is 1.84. The van der Waals surface area contributed by atoms with Crippen LogP contribution in [0.5, 0.6) is 0 Å². The minimum atomic E-state index is 0.142. The molecule has 1 aliphatic heterocycles. The van der Waals surface area contributed by atoms with Gasteiger partial charge in [-0.3, -0.25) is 4.57 Å². The lowest BCUT2D eigenvalue weighted by molar-refractivity contribution is 0.809. The molecule has 2 unspecified atom stereocenters. The van der Waals surface area contributed by atoms with Gasteiger partial charge in [0.05, 0.1) is 22.2 Å². The highest BCUT2D eigenvalue weighted by molar-refractivity contribution is 8.00. The van der Waals surface area contributed by atoms with Gasteiger partial charge >= 0.3 is 0 Å². The lowest BCUT2D eigenvalue weighted by atomic mass is 9.82. The Morgan fingerprint density at radius 2 is 1.32 bits per heavy atom. The summed E-state index contributed by atoms with van der Waals surface area (Å²) in [5, 5.41) is 1.43. The molecule has 0 fully saturated rings. The number of hydrogen-bond acceptors (Lipinski definition) is 4. The Balaban J connectivity index is 1.07. The van der Waals surface area contributed by atoms with Crippen molar-refractivity contribution in [1.82, 2.24) is 24.1 Å². The molecule has 2 aliphatic carbocycles. The molecule has 0 bridgehead atoms. The van der Waals surface area contributed by atoms with Gasteiger partial charge in [-0.15, -0.1) is 11.8 Å². The van der Waals surface area contributed by atoms with Crippen molar-refractivity contribution >= 4 is 45.0 Å². The largest absolute Gasteiger partial charge is 0.309 e. The fourth-order valence-electron chi connectivity index (χ4n) is 9.39. The summed E-state index contributed by atoms with van der Waals surface area (Å²) in [5.41, 5.74) is 16.5. The predicted molar refractivity (Wildman–Crippen MR) is 242 cm³/mol. The number of allylic oxidation sites excluding steroid dienone is 5. The first-order valence-electron chi connectivity index (χ1n) is 20.3. The number of para-hydroxylation sites is 2. The second kappa shape index (κ2) is 13.8. The minimum Gasteiger partial charge on any atom is -0.309 e. The first-order valence-corrected chi connectivity index (χ1v) is 21.2. The number of aromatic nitrogens is 5. The number of nitrogens with zero attached hydrogens (tertiary/aromatic N) is 5. The molecular formula is C53H37N5S. The molecule has 280 valence electrons. The third-order valence-electron chi connectivity index (χ3n) is 12.1. The van der Waals surface area contributed by atoms with Crippen molar-refractivity contribution in [2.45, 2.75) is 28.9 Å². The number of thioether (sulfide) groups is 1. The van der Waals surface area contributed by atoms with Crippen molar-refractivity contribution in [2.75, 3.05) is 0 Å². The van der Waals surface area contributed by atoms with Crippen molar-refractivity contribution < 1.29 is 0 Å². The van der Waals surface area contributed by atoms with Crippen LogP contribution in [0.15, 0.2) is 193 Å². The van der Waals surface area contributed by atoms with Crippen LogP contribution in [-0.2, 0) is 0 Å². The lowest BCUT2D eigenvalue weighted by Crippen LogP contribution is -2.14. The zero-order valence-corrected chi connectivity index (χ0v) is 32.9. The molecule has 3 aromatic heterocycles. The molecule has 6 heteroatoms. The van der Waals surface area contributed by atoms with Crippen LogP contribution in [0.3, 0.4) is 0 Å². The van der Waals surface area contributed by atoms with Gasteiger partial charge < -0.3 is 4.57 Å². The molecule has 0 saturated carbocycles. The van der Waals surface area contributed by atoms with Crippen molar-refractivity contribution in [3.8, 4) is 39.3 Å². The highest BCUT2D eigenvalue weighted by Crippen LogP contribution is 2.62. The van der Waals surface area contributed by atoms with E-state index in [4.69, 9.17) is 15.0 Å². The Morgan fingerprint density at radius 3 is 2.08 bits per heavy atom. The summed E-state index contributed by atoms with van der Waals surface area (Å²) >= 11 is 1.99. The molecule has 3 aliphatic rings. The van der Waals surface area contributed by atoms with Crippen LogP contribution in [-0.4, -0.2) is 24.1 Å². The molecule has 12 rings (SSSR count). The highest BCUT2D eigenvalue weighted by Gasteiger charge is 2.42. The molecule has 0 N–H and O–H groups in total. The van der Waals surface area contributed by atoms with Crippen LogP contribution >= 0.6 is 11.8 Å². The molecule has 59 heavy (non-hydrogen) atoms. The molecule has 5 nitrogen and oxygen atoms in total. The summed E-state index contributed by atoms with van der Waals surface area (Å²) in [6.07, 6.45) is 14.8. The fraction of sp³-hybridized carbons (Fsp3) is 0.0755. The third kappa shape index (κ3) is 5.59. The van der Waals surface area contributed by atoms with Crippen molar-refractivity contribution in [2.24, 2.45) is 0 Å². The van der Waals surface area contributed by atoms with Gasteiger partial charge in [0.15, 0.2) is 5.82 Å². The zero-order chi connectivity index (χ0) is 38.9. The molecule has 2 atom stereocenters. The molecule has 0 saturated heterocycles. The Morgan fingerprint density at radius 1 is 0.610 bits per heavy atom. The quantitative estimate of drug-likeness (QED) is 0.169. The summed E-state index contributed by atoms with van der Waals surface area (Å²) in [6, 6.07) is 54.8. The number of fused-ring (bicyclic) bond motifs is 8. The minimum absolute atomic E-state index is 0.142. The number of benzene rings is 6. The van der Waals surface area contributed by atoms with E-state index in [1.54, 1.807) is 0 Å². The Bertz CT molecular complexity index is 3170. The molecule has 0 amide bonds. The van der Waals surface area contributed by atoms with Gasteiger partial charge in [-0.2, -0.15) is 0 Å². The molecule has 0 radical (unpaired) electrons. The Labute approximate surface area is 346 Å². The molecule has 4 heterocycles. The SMILES string of the molecule is C1=CCCC(n2c(-c3ccc(-n4c5c(c6cc(-c7ccccc7)ccc64)C4Sc6ccc(-c7ccccc7)cc6C4C=C5c4ncccn4)cc3)nc3ccccc32)=C1. The van der Waals surface area contributed by atoms with Gasteiger partial charge in [-0.25, -0.2) is 15.0 Å². The maximum Gasteiger partial charge on any atom is 0.160 e. The van der Waals surface area contributed by atoms with Crippen LogP contribution in [0.4, 0.5) is 0 Å². The van der Waals surface area contributed by atoms with E-state index in [-0.39, 0.29) is 11.2 Å². The summed E-state index contributed by atoms with van der Waals surface area (Å²) < 4.78 is 4.80. The summed E-state index contributed by atoms with van der Waals surface area (Å²) in [7, 11) is 0. The maximum atomic E-state index is 5.21. The monoisotopic (exact) mass is 775 g/mol. The van der Waals surface area contributed by atoms with Crippen molar-refractivity contribution in [1.29, 1.82) is 0 Å². The number of hydrogen-bond donors (Lipinski definition) is 0. The van der Waals surface area contributed by atoms with Crippen LogP contribution in [0.1, 0.15) is 46.7 Å². The Hall–Kier alpha value is -7.02. The molecule has 6 aromatic carbocycles. The molecule has 9 aromatic rings. The standard InChI is InChI=1S/C53H37N5S/c1-4-13-34(14-5-1)37-23-27-46-43(32-37)49-50(57(46)40-25-21-36(22-26-40)53-56-45-19-10-11-20-47(45)58(53)39-17-8-3-9-18-39)44(52-54-29-12-30-55-52)33-42-41-31-38(35-15-6-2-7-16-35)24-28-48(41)59-51(42)49/h1-8,10-17,19-33,42,51H,9,18H2. The van der Waals surface area contributed by atoms with Crippen LogP contribution < -0.4 is 0 Å². The highest BCUT2D eigenvalue weighted by atomic mass is 32.2. The van der Waals surface area contributed by atoms with E-state index in [1.807, 2.05) is 30.2 Å². The first kappa shape index (κ1) is 34.1. The molecular weight excluding hydrogens is 739 g/mol. The van der Waals surface area contributed by atoms with Crippen LogP contribution in [0, 0.1) is 0 Å². The second-order valence-electron chi connectivity index (χ2n) is 15.5. The van der Waals surface area contributed by atoms with E-state index in [0.29, 0.717) is 0 Å². The first-order chi connectivity index (χ1) is 29.3. The third-order valence-corrected chi connectivity index (χ3v) is 13.5. The zero-order valence-electron chi connectivity index (χ0n) is 32.1. The van der Waals surface area contributed by atoms with Crippen LogP contribution in [0.25, 0.3) is 72.5 Å². The number of imidazole rings is 1. The second-order valence-corrected chi connectivity index (χ2v) is 16.6. The van der Waals surface area contributed by atoms with Gasteiger partial charge in [0.2, 0.25) is 0 Å². The average molecular weight is 776 g/mol. The predicted octanol–water partition coefficient (Wildman–Crippen LogP) is 13.3. The molecule has 0 spiro atoms. The van der Waals surface area contributed by atoms with E-state index in [1.165, 1.54) is 49.4 Å². The van der Waals surface area contributed by atoms with Gasteiger partial charge in [0, 0.05) is 61.9 Å².